The van der Waals surface area contributed by atoms with Crippen molar-refractivity contribution in [2.75, 3.05) is 13.1 Å². The molecule has 1 aliphatic heterocycles. The summed E-state index contributed by atoms with van der Waals surface area (Å²) in [5, 5.41) is 4.35. The maximum Gasteiger partial charge on any atom is 0.254 e. The van der Waals surface area contributed by atoms with Crippen LogP contribution in [0.2, 0.25) is 0 Å². The standard InChI is InChI=1S/C21H22N4O/c1-16-18(20-10-2-3-11-22-20)8-4-9-19(16)21(26)24-13-5-7-17(15-24)25-14-6-12-23-25/h2-4,6,8-12,14,17H,5,7,13,15H2,1H3. The Bertz CT molecular complexity index is 890. The van der Waals surface area contributed by atoms with Crippen molar-refractivity contribution >= 4 is 5.91 Å². The van der Waals surface area contributed by atoms with Crippen LogP contribution in [0.4, 0.5) is 0 Å². The second-order valence-electron chi connectivity index (χ2n) is 6.73. The van der Waals surface area contributed by atoms with Crippen molar-refractivity contribution in [3.05, 3.63) is 72.2 Å². The summed E-state index contributed by atoms with van der Waals surface area (Å²) in [5.41, 5.74) is 3.65. The van der Waals surface area contributed by atoms with Gasteiger partial charge in [0.1, 0.15) is 0 Å². The quantitative estimate of drug-likeness (QED) is 0.726. The van der Waals surface area contributed by atoms with Crippen molar-refractivity contribution in [1.29, 1.82) is 0 Å². The molecule has 0 radical (unpaired) electrons. The van der Waals surface area contributed by atoms with E-state index in [4.69, 9.17) is 0 Å². The van der Waals surface area contributed by atoms with E-state index < -0.39 is 0 Å². The summed E-state index contributed by atoms with van der Waals surface area (Å²) in [6.07, 6.45) is 7.60. The normalized spacial score (nSPS) is 17.3. The third-order valence-corrected chi connectivity index (χ3v) is 5.09. The number of aromatic nitrogens is 3. The van der Waals surface area contributed by atoms with Crippen molar-refractivity contribution in [2.45, 2.75) is 25.8 Å². The topological polar surface area (TPSA) is 51.0 Å². The zero-order valence-corrected chi connectivity index (χ0v) is 14.9. The van der Waals surface area contributed by atoms with E-state index in [0.717, 1.165) is 41.8 Å². The highest BCUT2D eigenvalue weighted by Crippen LogP contribution is 2.27. The summed E-state index contributed by atoms with van der Waals surface area (Å²) in [7, 11) is 0. The molecule has 0 aliphatic carbocycles. The van der Waals surface area contributed by atoms with Crippen LogP contribution in [0.15, 0.2) is 61.1 Å². The number of likely N-dealkylation sites (tertiary alicyclic amines) is 1. The largest absolute Gasteiger partial charge is 0.336 e. The van der Waals surface area contributed by atoms with Crippen LogP contribution in [0.3, 0.4) is 0 Å². The highest BCUT2D eigenvalue weighted by molar-refractivity contribution is 5.97. The molecule has 4 rings (SSSR count). The lowest BCUT2D eigenvalue weighted by atomic mass is 9.97. The molecule has 0 bridgehead atoms. The molecule has 1 amide bonds. The molecule has 26 heavy (non-hydrogen) atoms. The molecule has 1 fully saturated rings. The van der Waals surface area contributed by atoms with Gasteiger partial charge in [0, 0.05) is 42.8 Å². The highest BCUT2D eigenvalue weighted by atomic mass is 16.2. The summed E-state index contributed by atoms with van der Waals surface area (Å²) in [5.74, 6) is 0.0946. The minimum Gasteiger partial charge on any atom is -0.336 e. The smallest absolute Gasteiger partial charge is 0.254 e. The van der Waals surface area contributed by atoms with Crippen LogP contribution in [-0.4, -0.2) is 38.7 Å². The van der Waals surface area contributed by atoms with E-state index in [0.29, 0.717) is 6.54 Å². The predicted octanol–water partition coefficient (Wildman–Crippen LogP) is 3.73. The van der Waals surface area contributed by atoms with Crippen molar-refractivity contribution in [1.82, 2.24) is 19.7 Å². The van der Waals surface area contributed by atoms with Crippen molar-refractivity contribution in [2.24, 2.45) is 0 Å². The number of benzene rings is 1. The Morgan fingerprint density at radius 3 is 2.81 bits per heavy atom. The molecule has 5 nitrogen and oxygen atoms in total. The molecule has 1 atom stereocenters. The number of pyridine rings is 1. The van der Waals surface area contributed by atoms with E-state index in [1.165, 1.54) is 0 Å². The molecule has 0 saturated carbocycles. The number of hydrogen-bond donors (Lipinski definition) is 0. The Balaban J connectivity index is 1.60. The summed E-state index contributed by atoms with van der Waals surface area (Å²) in [4.78, 5) is 19.6. The number of amides is 1. The van der Waals surface area contributed by atoms with E-state index in [9.17, 15) is 4.79 Å². The van der Waals surface area contributed by atoms with Gasteiger partial charge < -0.3 is 4.90 Å². The first-order chi connectivity index (χ1) is 12.7. The van der Waals surface area contributed by atoms with Crippen LogP contribution >= 0.6 is 0 Å². The molecular weight excluding hydrogens is 324 g/mol. The average molecular weight is 346 g/mol. The maximum absolute atomic E-state index is 13.2. The fourth-order valence-corrected chi connectivity index (χ4v) is 3.69. The van der Waals surface area contributed by atoms with Gasteiger partial charge in [-0.3, -0.25) is 14.5 Å². The van der Waals surface area contributed by atoms with Crippen LogP contribution in [0.5, 0.6) is 0 Å². The Kier molecular flexibility index (Phi) is 4.52. The number of piperidine rings is 1. The SMILES string of the molecule is Cc1c(C(=O)N2CCCC(n3cccn3)C2)cccc1-c1ccccn1. The molecule has 1 aliphatic rings. The number of rotatable bonds is 3. The maximum atomic E-state index is 13.2. The average Bonchev–Trinajstić information content (AvgIpc) is 3.23. The van der Waals surface area contributed by atoms with Crippen LogP contribution < -0.4 is 0 Å². The van der Waals surface area contributed by atoms with Gasteiger partial charge in [0.05, 0.1) is 11.7 Å². The number of nitrogens with zero attached hydrogens (tertiary/aromatic N) is 4. The lowest BCUT2D eigenvalue weighted by Crippen LogP contribution is -2.41. The van der Waals surface area contributed by atoms with Crippen molar-refractivity contribution < 1.29 is 4.79 Å². The second kappa shape index (κ2) is 7.12. The van der Waals surface area contributed by atoms with Gasteiger partial charge in [0.25, 0.3) is 5.91 Å². The molecule has 3 aromatic rings. The first-order valence-corrected chi connectivity index (χ1v) is 9.03. The molecule has 0 N–H and O–H groups in total. The Morgan fingerprint density at radius 1 is 1.12 bits per heavy atom. The molecule has 132 valence electrons. The van der Waals surface area contributed by atoms with Crippen molar-refractivity contribution in [3.63, 3.8) is 0 Å². The van der Waals surface area contributed by atoms with Gasteiger partial charge in [-0.05, 0) is 49.6 Å². The monoisotopic (exact) mass is 346 g/mol. The van der Waals surface area contributed by atoms with Gasteiger partial charge in [-0.1, -0.05) is 18.2 Å². The van der Waals surface area contributed by atoms with E-state index in [-0.39, 0.29) is 11.9 Å². The van der Waals surface area contributed by atoms with Gasteiger partial charge in [0.2, 0.25) is 0 Å². The van der Waals surface area contributed by atoms with Crippen molar-refractivity contribution in [3.8, 4) is 11.3 Å². The van der Waals surface area contributed by atoms with E-state index in [1.54, 1.807) is 12.4 Å². The van der Waals surface area contributed by atoms with Crippen LogP contribution in [0.25, 0.3) is 11.3 Å². The third-order valence-electron chi connectivity index (χ3n) is 5.09. The van der Waals surface area contributed by atoms with Gasteiger partial charge >= 0.3 is 0 Å². The zero-order valence-electron chi connectivity index (χ0n) is 14.9. The third kappa shape index (κ3) is 3.12. The molecule has 1 aromatic carbocycles. The number of hydrogen-bond acceptors (Lipinski definition) is 3. The Morgan fingerprint density at radius 2 is 2.04 bits per heavy atom. The minimum absolute atomic E-state index is 0.0946. The summed E-state index contributed by atoms with van der Waals surface area (Å²) < 4.78 is 1.97. The first kappa shape index (κ1) is 16.5. The first-order valence-electron chi connectivity index (χ1n) is 9.03. The number of carbonyl (C=O) groups is 1. The lowest BCUT2D eigenvalue weighted by molar-refractivity contribution is 0.0672. The lowest BCUT2D eigenvalue weighted by Gasteiger charge is -2.33. The van der Waals surface area contributed by atoms with Crippen LogP contribution in [-0.2, 0) is 0 Å². The molecule has 0 spiro atoms. The van der Waals surface area contributed by atoms with Gasteiger partial charge in [-0.15, -0.1) is 0 Å². The summed E-state index contributed by atoms with van der Waals surface area (Å²) in [6.45, 7) is 3.50. The molecule has 5 heteroatoms. The zero-order chi connectivity index (χ0) is 17.9. The summed E-state index contributed by atoms with van der Waals surface area (Å²) >= 11 is 0. The van der Waals surface area contributed by atoms with Gasteiger partial charge in [-0.2, -0.15) is 5.10 Å². The summed E-state index contributed by atoms with van der Waals surface area (Å²) in [6, 6.07) is 13.9. The van der Waals surface area contributed by atoms with Crippen LogP contribution in [0.1, 0.15) is 34.8 Å². The molecule has 1 unspecified atom stereocenters. The molecule has 1 saturated heterocycles. The second-order valence-corrected chi connectivity index (χ2v) is 6.73. The van der Waals surface area contributed by atoms with Crippen LogP contribution in [0, 0.1) is 6.92 Å². The minimum atomic E-state index is 0.0946. The van der Waals surface area contributed by atoms with Gasteiger partial charge in [-0.25, -0.2) is 0 Å². The fraction of sp³-hybridized carbons (Fsp3) is 0.286. The molecule has 3 heterocycles. The number of carbonyl (C=O) groups excluding carboxylic acids is 1. The van der Waals surface area contributed by atoms with E-state index in [1.807, 2.05) is 65.2 Å². The van der Waals surface area contributed by atoms with Gasteiger partial charge in [0.15, 0.2) is 0 Å². The van der Waals surface area contributed by atoms with E-state index in [2.05, 4.69) is 10.1 Å². The Labute approximate surface area is 153 Å². The van der Waals surface area contributed by atoms with E-state index >= 15 is 0 Å². The Hall–Kier alpha value is -2.95. The fourth-order valence-electron chi connectivity index (χ4n) is 3.69. The highest BCUT2D eigenvalue weighted by Gasteiger charge is 2.27. The molecule has 2 aromatic heterocycles. The molecular formula is C21H22N4O. The predicted molar refractivity (Wildman–Crippen MR) is 101 cm³/mol.